The maximum absolute atomic E-state index is 12.5. The monoisotopic (exact) mass is 320 g/mol. The molecule has 24 heavy (non-hydrogen) atoms. The summed E-state index contributed by atoms with van der Waals surface area (Å²) in [6, 6.07) is 13.5. The van der Waals surface area contributed by atoms with Crippen LogP contribution in [0.1, 0.15) is 22.3 Å². The molecule has 0 atom stereocenters. The Morgan fingerprint density at radius 3 is 2.12 bits per heavy atom. The first-order valence-corrected chi connectivity index (χ1v) is 7.86. The lowest BCUT2D eigenvalue weighted by Crippen LogP contribution is -2.27. The Bertz CT molecular complexity index is 864. The molecule has 1 aliphatic heterocycles. The summed E-state index contributed by atoms with van der Waals surface area (Å²) in [7, 11) is 1.51. The topological polar surface area (TPSA) is 49.4 Å². The summed E-state index contributed by atoms with van der Waals surface area (Å²) in [5, 5.41) is 3.15. The molecule has 0 radical (unpaired) electrons. The Balaban J connectivity index is 2.08. The van der Waals surface area contributed by atoms with Gasteiger partial charge in [0, 0.05) is 12.7 Å². The number of carbonyl (C=O) groups is 2. The van der Waals surface area contributed by atoms with Crippen molar-refractivity contribution in [1.29, 1.82) is 0 Å². The molecule has 0 saturated carbocycles. The van der Waals surface area contributed by atoms with Crippen molar-refractivity contribution >= 4 is 23.1 Å². The number of carbonyl (C=O) groups excluding carboxylic acids is 2. The molecule has 0 aromatic heterocycles. The minimum atomic E-state index is -0.311. The maximum Gasteiger partial charge on any atom is 0.277 e. The van der Waals surface area contributed by atoms with E-state index in [0.717, 1.165) is 27.3 Å². The van der Waals surface area contributed by atoms with Crippen molar-refractivity contribution in [3.63, 3.8) is 0 Å². The molecule has 0 fully saturated rings. The number of amides is 2. The smallest absolute Gasteiger partial charge is 0.277 e. The second-order valence-corrected chi connectivity index (χ2v) is 6.21. The van der Waals surface area contributed by atoms with Crippen LogP contribution in [0.4, 0.5) is 5.69 Å². The van der Waals surface area contributed by atoms with Gasteiger partial charge in [0.25, 0.3) is 11.8 Å². The zero-order valence-electron chi connectivity index (χ0n) is 14.3. The lowest BCUT2D eigenvalue weighted by atomic mass is 10.0. The van der Waals surface area contributed by atoms with Gasteiger partial charge in [0.1, 0.15) is 5.70 Å². The highest BCUT2D eigenvalue weighted by atomic mass is 16.2. The first kappa shape index (κ1) is 16.0. The first-order valence-electron chi connectivity index (χ1n) is 7.86. The first-order chi connectivity index (χ1) is 11.4. The minimum Gasteiger partial charge on any atom is -0.350 e. The number of hydrogen-bond donors (Lipinski definition) is 1. The van der Waals surface area contributed by atoms with Crippen LogP contribution in [0.2, 0.25) is 0 Å². The maximum atomic E-state index is 12.5. The van der Waals surface area contributed by atoms with Crippen molar-refractivity contribution in [2.45, 2.75) is 20.8 Å². The van der Waals surface area contributed by atoms with Gasteiger partial charge in [-0.05, 0) is 49.6 Å². The minimum absolute atomic E-state index is 0.282. The van der Waals surface area contributed by atoms with Gasteiger partial charge in [0.2, 0.25) is 0 Å². The van der Waals surface area contributed by atoms with E-state index in [1.165, 1.54) is 12.6 Å². The summed E-state index contributed by atoms with van der Waals surface area (Å²) < 4.78 is 0. The van der Waals surface area contributed by atoms with E-state index in [0.29, 0.717) is 11.3 Å². The van der Waals surface area contributed by atoms with Crippen molar-refractivity contribution in [3.8, 4) is 0 Å². The molecular formula is C20H20N2O2. The van der Waals surface area contributed by atoms with E-state index in [1.54, 1.807) is 0 Å². The molecule has 1 N–H and O–H groups in total. The van der Waals surface area contributed by atoms with Crippen LogP contribution >= 0.6 is 0 Å². The normalized spacial score (nSPS) is 14.6. The standard InChI is InChI=1S/C20H20N2O2/c1-12-5-8-15(9-6-12)17-18(20(24)22(4)19(17)23)21-16-10-7-13(2)14(3)11-16/h5-11,21H,1-4H3. The second kappa shape index (κ2) is 5.96. The van der Waals surface area contributed by atoms with E-state index < -0.39 is 0 Å². The third-order valence-electron chi connectivity index (χ3n) is 4.40. The lowest BCUT2D eigenvalue weighted by molar-refractivity contribution is -0.135. The van der Waals surface area contributed by atoms with E-state index in [-0.39, 0.29) is 11.8 Å². The summed E-state index contributed by atoms with van der Waals surface area (Å²) >= 11 is 0. The summed E-state index contributed by atoms with van der Waals surface area (Å²) in [4.78, 5) is 26.2. The average Bonchev–Trinajstić information content (AvgIpc) is 2.76. The Morgan fingerprint density at radius 2 is 1.50 bits per heavy atom. The number of nitrogens with zero attached hydrogens (tertiary/aromatic N) is 1. The molecule has 2 amide bonds. The number of aryl methyl sites for hydroxylation is 3. The van der Waals surface area contributed by atoms with Gasteiger partial charge in [-0.15, -0.1) is 0 Å². The Morgan fingerprint density at radius 1 is 0.833 bits per heavy atom. The molecule has 0 unspecified atom stereocenters. The molecule has 1 heterocycles. The lowest BCUT2D eigenvalue weighted by Gasteiger charge is -2.10. The molecule has 0 aliphatic carbocycles. The van der Waals surface area contributed by atoms with E-state index in [1.807, 2.05) is 63.2 Å². The molecule has 0 spiro atoms. The van der Waals surface area contributed by atoms with Gasteiger partial charge in [-0.25, -0.2) is 0 Å². The van der Waals surface area contributed by atoms with Crippen LogP contribution in [0.5, 0.6) is 0 Å². The summed E-state index contributed by atoms with van der Waals surface area (Å²) in [5.41, 5.74) is 5.70. The molecule has 122 valence electrons. The number of imide groups is 1. The van der Waals surface area contributed by atoms with Gasteiger partial charge < -0.3 is 5.32 Å². The Kier molecular flexibility index (Phi) is 3.97. The third-order valence-corrected chi connectivity index (χ3v) is 4.40. The van der Waals surface area contributed by atoms with E-state index in [2.05, 4.69) is 5.32 Å². The fraction of sp³-hybridized carbons (Fsp3) is 0.200. The number of rotatable bonds is 3. The number of nitrogens with one attached hydrogen (secondary N) is 1. The van der Waals surface area contributed by atoms with Gasteiger partial charge in [-0.2, -0.15) is 0 Å². The highest BCUT2D eigenvalue weighted by molar-refractivity contribution is 6.36. The van der Waals surface area contributed by atoms with Crippen molar-refractivity contribution in [3.05, 3.63) is 70.4 Å². The largest absolute Gasteiger partial charge is 0.350 e. The van der Waals surface area contributed by atoms with Gasteiger partial charge in [0.15, 0.2) is 0 Å². The van der Waals surface area contributed by atoms with E-state index in [4.69, 9.17) is 0 Å². The molecule has 0 bridgehead atoms. The fourth-order valence-electron chi connectivity index (χ4n) is 2.71. The highest BCUT2D eigenvalue weighted by Crippen LogP contribution is 2.30. The molecule has 4 heteroatoms. The number of hydrogen-bond acceptors (Lipinski definition) is 3. The Hall–Kier alpha value is -2.88. The number of likely N-dealkylation sites (N-methyl/N-ethyl adjacent to an activating group) is 1. The van der Waals surface area contributed by atoms with Crippen LogP contribution < -0.4 is 5.32 Å². The Labute approximate surface area is 141 Å². The van der Waals surface area contributed by atoms with Gasteiger partial charge in [-0.3, -0.25) is 14.5 Å². The zero-order chi connectivity index (χ0) is 17.4. The van der Waals surface area contributed by atoms with Crippen LogP contribution in [0.15, 0.2) is 48.2 Å². The van der Waals surface area contributed by atoms with E-state index >= 15 is 0 Å². The number of benzene rings is 2. The van der Waals surface area contributed by atoms with Crippen LogP contribution in [0.3, 0.4) is 0 Å². The van der Waals surface area contributed by atoms with Gasteiger partial charge in [0.05, 0.1) is 5.57 Å². The molecule has 1 aliphatic rings. The van der Waals surface area contributed by atoms with Crippen LogP contribution in [-0.2, 0) is 9.59 Å². The zero-order valence-corrected chi connectivity index (χ0v) is 14.3. The average molecular weight is 320 g/mol. The van der Waals surface area contributed by atoms with Crippen LogP contribution in [0.25, 0.3) is 5.57 Å². The van der Waals surface area contributed by atoms with Crippen molar-refractivity contribution in [2.24, 2.45) is 0 Å². The molecule has 4 nitrogen and oxygen atoms in total. The third kappa shape index (κ3) is 2.71. The fourth-order valence-corrected chi connectivity index (χ4v) is 2.71. The van der Waals surface area contributed by atoms with Gasteiger partial charge in [-0.1, -0.05) is 35.9 Å². The second-order valence-electron chi connectivity index (χ2n) is 6.21. The SMILES string of the molecule is Cc1ccc(C2=C(Nc3ccc(C)c(C)c3)C(=O)N(C)C2=O)cc1. The molecule has 3 rings (SSSR count). The van der Waals surface area contributed by atoms with Crippen molar-refractivity contribution in [2.75, 3.05) is 12.4 Å². The highest BCUT2D eigenvalue weighted by Gasteiger charge is 2.36. The molecule has 2 aromatic carbocycles. The summed E-state index contributed by atoms with van der Waals surface area (Å²) in [5.74, 6) is -0.594. The summed E-state index contributed by atoms with van der Waals surface area (Å²) in [6.07, 6.45) is 0. The van der Waals surface area contributed by atoms with Gasteiger partial charge >= 0.3 is 0 Å². The molecule has 2 aromatic rings. The predicted octanol–water partition coefficient (Wildman–Crippen LogP) is 3.43. The quantitative estimate of drug-likeness (QED) is 0.882. The predicted molar refractivity (Wildman–Crippen MR) is 95.4 cm³/mol. The molecule has 0 saturated heterocycles. The van der Waals surface area contributed by atoms with Crippen molar-refractivity contribution in [1.82, 2.24) is 4.90 Å². The molecular weight excluding hydrogens is 300 g/mol. The van der Waals surface area contributed by atoms with Crippen molar-refractivity contribution < 1.29 is 9.59 Å². The number of anilines is 1. The van der Waals surface area contributed by atoms with Crippen LogP contribution in [0, 0.1) is 20.8 Å². The van der Waals surface area contributed by atoms with Crippen LogP contribution in [-0.4, -0.2) is 23.8 Å². The van der Waals surface area contributed by atoms with E-state index in [9.17, 15) is 9.59 Å². The summed E-state index contributed by atoms with van der Waals surface area (Å²) in [6.45, 7) is 6.04.